The molecule has 28 heavy (non-hydrogen) atoms. The minimum atomic E-state index is -0.583. The second kappa shape index (κ2) is 5.94. The van der Waals surface area contributed by atoms with Crippen LogP contribution in [0.4, 0.5) is 0 Å². The van der Waals surface area contributed by atoms with E-state index in [1.807, 2.05) is 56.9 Å². The molecule has 0 radical (unpaired) electrons. The second-order valence-electron chi connectivity index (χ2n) is 9.73. The first-order chi connectivity index (χ1) is 13.1. The molecular weight excluding hydrogens is 352 g/mol. The van der Waals surface area contributed by atoms with Gasteiger partial charge in [0.05, 0.1) is 11.1 Å². The van der Waals surface area contributed by atoms with Crippen LogP contribution < -0.4 is 4.74 Å². The summed E-state index contributed by atoms with van der Waals surface area (Å²) in [5, 5.41) is 9.41. The van der Waals surface area contributed by atoms with E-state index in [-0.39, 0.29) is 28.3 Å². The van der Waals surface area contributed by atoms with Crippen LogP contribution >= 0.6 is 0 Å². The summed E-state index contributed by atoms with van der Waals surface area (Å²) in [6.07, 6.45) is 4.03. The van der Waals surface area contributed by atoms with E-state index in [1.165, 1.54) is 0 Å². The van der Waals surface area contributed by atoms with Crippen molar-refractivity contribution in [2.24, 2.45) is 10.8 Å². The number of rotatable bonds is 1. The van der Waals surface area contributed by atoms with Gasteiger partial charge < -0.3 is 9.64 Å². The number of allylic oxidation sites excluding steroid dienone is 1. The molecule has 1 aromatic rings. The number of fused-ring (bicyclic) bond motifs is 1. The molecule has 5 heteroatoms. The summed E-state index contributed by atoms with van der Waals surface area (Å²) < 4.78 is 6.08. The van der Waals surface area contributed by atoms with Crippen molar-refractivity contribution < 1.29 is 14.3 Å². The number of amides is 1. The molecular formula is C23H26N2O3. The average Bonchev–Trinajstić information content (AvgIpc) is 3.16. The van der Waals surface area contributed by atoms with E-state index < -0.39 is 5.41 Å². The summed E-state index contributed by atoms with van der Waals surface area (Å²) in [5.74, 6) is 0.570. The molecule has 0 N–H and O–H groups in total. The number of carbonyl (C=O) groups excluding carboxylic acids is 2. The van der Waals surface area contributed by atoms with E-state index in [1.54, 1.807) is 0 Å². The Morgan fingerprint density at radius 1 is 1.25 bits per heavy atom. The fourth-order valence-corrected chi connectivity index (χ4v) is 5.12. The summed E-state index contributed by atoms with van der Waals surface area (Å²) in [5.41, 5.74) is 0.715. The Bertz CT molecular complexity index is 951. The summed E-state index contributed by atoms with van der Waals surface area (Å²) in [4.78, 5) is 27.6. The topological polar surface area (TPSA) is 70.4 Å². The third-order valence-corrected chi connectivity index (χ3v) is 6.22. The minimum absolute atomic E-state index is 0.0342. The van der Waals surface area contributed by atoms with Crippen LogP contribution in [0.3, 0.4) is 0 Å². The van der Waals surface area contributed by atoms with Crippen LogP contribution in [-0.4, -0.2) is 35.3 Å². The number of hydrogen-bond donors (Lipinski definition) is 0. The quantitative estimate of drug-likeness (QED) is 0.747. The second-order valence-corrected chi connectivity index (χ2v) is 9.73. The Balaban J connectivity index is 1.62. The zero-order valence-electron chi connectivity index (χ0n) is 17.0. The van der Waals surface area contributed by atoms with E-state index in [2.05, 4.69) is 6.07 Å². The smallest absolute Gasteiger partial charge is 0.257 e. The number of ether oxygens (including phenoxy) is 1. The highest BCUT2D eigenvalue weighted by Gasteiger charge is 2.49. The van der Waals surface area contributed by atoms with Gasteiger partial charge in [0, 0.05) is 30.3 Å². The van der Waals surface area contributed by atoms with Gasteiger partial charge in [-0.15, -0.1) is 0 Å². The lowest BCUT2D eigenvalue weighted by Gasteiger charge is -2.38. The van der Waals surface area contributed by atoms with E-state index in [9.17, 15) is 14.9 Å². The first-order valence-electron chi connectivity index (χ1n) is 9.84. The van der Waals surface area contributed by atoms with Gasteiger partial charge in [-0.05, 0) is 38.3 Å². The number of carbonyl (C=O) groups is 2. The highest BCUT2D eigenvalue weighted by atomic mass is 16.5. The third-order valence-electron chi connectivity index (χ3n) is 6.22. The van der Waals surface area contributed by atoms with Crippen molar-refractivity contribution >= 4 is 11.7 Å². The van der Waals surface area contributed by atoms with Crippen molar-refractivity contribution in [3.05, 3.63) is 41.0 Å². The Kier molecular flexibility index (Phi) is 3.98. The average molecular weight is 378 g/mol. The van der Waals surface area contributed by atoms with Crippen molar-refractivity contribution in [2.75, 3.05) is 13.1 Å². The molecule has 1 fully saturated rings. The van der Waals surface area contributed by atoms with Gasteiger partial charge in [0.15, 0.2) is 5.78 Å². The number of nitrogens with zero attached hydrogens (tertiary/aromatic N) is 2. The highest BCUT2D eigenvalue weighted by Crippen LogP contribution is 2.48. The van der Waals surface area contributed by atoms with Crippen LogP contribution in [-0.2, 0) is 11.2 Å². The van der Waals surface area contributed by atoms with Gasteiger partial charge in [0.25, 0.3) is 5.91 Å². The molecule has 0 unspecified atom stereocenters. The largest absolute Gasteiger partial charge is 0.486 e. The normalized spacial score (nSPS) is 27.2. The molecule has 2 heterocycles. The third kappa shape index (κ3) is 2.92. The van der Waals surface area contributed by atoms with Gasteiger partial charge in [0.2, 0.25) is 0 Å². The van der Waals surface area contributed by atoms with Crippen LogP contribution in [0.2, 0.25) is 0 Å². The molecule has 1 spiro atoms. The lowest BCUT2D eigenvalue weighted by molar-refractivity contribution is -0.125. The monoisotopic (exact) mass is 378 g/mol. The zero-order valence-corrected chi connectivity index (χ0v) is 17.0. The van der Waals surface area contributed by atoms with E-state index >= 15 is 0 Å². The zero-order chi connectivity index (χ0) is 20.3. The predicted octanol–water partition coefficient (Wildman–Crippen LogP) is 3.68. The van der Waals surface area contributed by atoms with E-state index in [0.717, 1.165) is 18.4 Å². The maximum absolute atomic E-state index is 13.3. The number of Topliss-reactive ketones (excluding diaryl/α,β-unsaturated/α-hetero) is 1. The van der Waals surface area contributed by atoms with Crippen molar-refractivity contribution in [1.82, 2.24) is 4.90 Å². The number of hydrogen-bond acceptors (Lipinski definition) is 4. The highest BCUT2D eigenvalue weighted by molar-refractivity contribution is 6.04. The molecule has 3 aliphatic rings. The molecule has 0 saturated carbocycles. The Labute approximate surface area is 166 Å². The van der Waals surface area contributed by atoms with Gasteiger partial charge in [-0.1, -0.05) is 32.1 Å². The fourth-order valence-electron chi connectivity index (χ4n) is 5.12. The summed E-state index contributed by atoms with van der Waals surface area (Å²) in [6, 6.07) is 7.83. The standard InChI is InChI=1S/C23H26N2O3/c1-21(2)13-23(11-16(12-24)19(21)26)8-9-25(14-23)20(27)17-7-5-6-15-10-22(3,4)28-18(15)17/h5-7,11H,8-10,13-14H2,1-4H3/t23-/m0/s1. The molecule has 5 nitrogen and oxygen atoms in total. The molecule has 4 rings (SSSR count). The van der Waals surface area contributed by atoms with Gasteiger partial charge >= 0.3 is 0 Å². The number of likely N-dealkylation sites (tertiary alicyclic amines) is 1. The Morgan fingerprint density at radius 3 is 2.71 bits per heavy atom. The molecule has 1 atom stereocenters. The molecule has 1 aromatic carbocycles. The SMILES string of the molecule is CC1(C)Cc2cccc(C(=O)N3CC[C@@]4(C=C(C#N)C(=O)C(C)(C)C4)C3)c2O1. The van der Waals surface area contributed by atoms with E-state index in [0.29, 0.717) is 30.8 Å². The van der Waals surface area contributed by atoms with Crippen LogP contribution in [0, 0.1) is 22.2 Å². The van der Waals surface area contributed by atoms with Crippen molar-refractivity contribution in [3.63, 3.8) is 0 Å². The van der Waals surface area contributed by atoms with Crippen LogP contribution in [0.15, 0.2) is 29.8 Å². The maximum atomic E-state index is 13.3. The predicted molar refractivity (Wildman–Crippen MR) is 105 cm³/mol. The Hall–Kier alpha value is -2.61. The summed E-state index contributed by atoms with van der Waals surface area (Å²) in [6.45, 7) is 8.99. The summed E-state index contributed by atoms with van der Waals surface area (Å²) in [7, 11) is 0. The molecule has 2 aliphatic heterocycles. The first kappa shape index (κ1) is 18.7. The Morgan fingerprint density at radius 2 is 2.00 bits per heavy atom. The van der Waals surface area contributed by atoms with Crippen LogP contribution in [0.1, 0.15) is 56.5 Å². The van der Waals surface area contributed by atoms with Gasteiger partial charge in [0.1, 0.15) is 17.4 Å². The summed E-state index contributed by atoms with van der Waals surface area (Å²) >= 11 is 0. The number of para-hydroxylation sites is 1. The molecule has 1 aliphatic carbocycles. The molecule has 0 bridgehead atoms. The number of ketones is 1. The molecule has 1 saturated heterocycles. The number of nitriles is 1. The minimum Gasteiger partial charge on any atom is -0.486 e. The van der Waals surface area contributed by atoms with Gasteiger partial charge in [-0.25, -0.2) is 0 Å². The molecule has 146 valence electrons. The van der Waals surface area contributed by atoms with Crippen molar-refractivity contribution in [2.45, 2.75) is 52.6 Å². The van der Waals surface area contributed by atoms with Gasteiger partial charge in [-0.3, -0.25) is 9.59 Å². The maximum Gasteiger partial charge on any atom is 0.257 e. The molecule has 1 amide bonds. The first-order valence-corrected chi connectivity index (χ1v) is 9.84. The lowest BCUT2D eigenvalue weighted by atomic mass is 9.64. The fraction of sp³-hybridized carbons (Fsp3) is 0.522. The molecule has 0 aromatic heterocycles. The van der Waals surface area contributed by atoms with Crippen molar-refractivity contribution in [3.8, 4) is 11.8 Å². The van der Waals surface area contributed by atoms with Crippen LogP contribution in [0.5, 0.6) is 5.75 Å². The number of benzene rings is 1. The van der Waals surface area contributed by atoms with Crippen molar-refractivity contribution in [1.29, 1.82) is 5.26 Å². The van der Waals surface area contributed by atoms with Gasteiger partial charge in [-0.2, -0.15) is 5.26 Å². The van der Waals surface area contributed by atoms with Crippen LogP contribution in [0.25, 0.3) is 0 Å². The lowest BCUT2D eigenvalue weighted by Crippen LogP contribution is -2.40. The van der Waals surface area contributed by atoms with E-state index in [4.69, 9.17) is 4.74 Å².